The molecule has 6 nitrogen and oxygen atoms in total. The number of likely N-dealkylation sites (N-methyl/N-ethyl adjacent to an activating group) is 1. The van der Waals surface area contributed by atoms with Gasteiger partial charge in [-0.1, -0.05) is 31.4 Å². The molecule has 2 saturated carbocycles. The zero-order valence-electron chi connectivity index (χ0n) is 18.4. The number of carbonyl (C=O) groups is 2. The van der Waals surface area contributed by atoms with Gasteiger partial charge in [-0.15, -0.1) is 0 Å². The van der Waals surface area contributed by atoms with Crippen LogP contribution in [0.5, 0.6) is 0 Å². The molecule has 1 spiro atoms. The molecular weight excluding hydrogens is 378 g/mol. The molecular formula is C24H37N3O3. The molecule has 2 amide bonds. The summed E-state index contributed by atoms with van der Waals surface area (Å²) in [6.07, 6.45) is 14.7. The van der Waals surface area contributed by atoms with Crippen LogP contribution in [0.4, 0.5) is 4.79 Å². The van der Waals surface area contributed by atoms with E-state index in [9.17, 15) is 9.59 Å². The number of piperidine rings is 1. The number of rotatable bonds is 5. The minimum Gasteiger partial charge on any atom is -0.441 e. The third-order valence-electron chi connectivity index (χ3n) is 8.54. The van der Waals surface area contributed by atoms with Gasteiger partial charge in [-0.2, -0.15) is 0 Å². The summed E-state index contributed by atoms with van der Waals surface area (Å²) in [6.45, 7) is 3.79. The van der Waals surface area contributed by atoms with E-state index in [1.807, 2.05) is 9.80 Å². The first-order valence-corrected chi connectivity index (χ1v) is 12.2. The van der Waals surface area contributed by atoms with Gasteiger partial charge in [0.05, 0.1) is 6.54 Å². The first-order valence-electron chi connectivity index (χ1n) is 12.2. The van der Waals surface area contributed by atoms with E-state index < -0.39 is 0 Å². The van der Waals surface area contributed by atoms with E-state index in [-0.39, 0.29) is 17.6 Å². The second-order valence-corrected chi connectivity index (χ2v) is 10.5. The fraction of sp³-hybridized carbons (Fsp3) is 0.833. The molecule has 5 aliphatic rings. The van der Waals surface area contributed by atoms with Crippen molar-refractivity contribution in [2.45, 2.75) is 69.4 Å². The van der Waals surface area contributed by atoms with Crippen molar-refractivity contribution in [3.8, 4) is 0 Å². The minimum atomic E-state index is -0.383. The van der Waals surface area contributed by atoms with Crippen molar-refractivity contribution in [1.82, 2.24) is 14.7 Å². The minimum absolute atomic E-state index is 0.162. The van der Waals surface area contributed by atoms with Crippen molar-refractivity contribution < 1.29 is 14.3 Å². The highest BCUT2D eigenvalue weighted by Crippen LogP contribution is 2.45. The molecule has 5 rings (SSSR count). The fourth-order valence-corrected chi connectivity index (χ4v) is 6.54. The van der Waals surface area contributed by atoms with Gasteiger partial charge in [-0.3, -0.25) is 4.79 Å². The number of nitrogens with zero attached hydrogens (tertiary/aromatic N) is 3. The first-order chi connectivity index (χ1) is 14.5. The molecule has 0 unspecified atom stereocenters. The van der Waals surface area contributed by atoms with Gasteiger partial charge in [-0.25, -0.2) is 4.79 Å². The van der Waals surface area contributed by atoms with Gasteiger partial charge in [-0.05, 0) is 44.6 Å². The fourth-order valence-electron chi connectivity index (χ4n) is 6.54. The summed E-state index contributed by atoms with van der Waals surface area (Å²) in [4.78, 5) is 31.9. The molecule has 6 heteroatoms. The van der Waals surface area contributed by atoms with Gasteiger partial charge in [0.2, 0.25) is 5.91 Å². The maximum atomic E-state index is 13.0. The Morgan fingerprint density at radius 3 is 2.60 bits per heavy atom. The zero-order chi connectivity index (χ0) is 20.7. The number of carbonyl (C=O) groups excluding carboxylic acids is 2. The van der Waals surface area contributed by atoms with E-state index in [4.69, 9.17) is 4.74 Å². The second kappa shape index (κ2) is 8.18. The molecule has 2 heterocycles. The number of allylic oxidation sites excluding steroid dienone is 2. The van der Waals surface area contributed by atoms with E-state index in [2.05, 4.69) is 24.1 Å². The van der Waals surface area contributed by atoms with Crippen LogP contribution in [0.15, 0.2) is 12.2 Å². The lowest BCUT2D eigenvalue weighted by molar-refractivity contribution is -0.139. The molecule has 0 aromatic rings. The largest absolute Gasteiger partial charge is 0.441 e. The van der Waals surface area contributed by atoms with Crippen molar-refractivity contribution in [3.63, 3.8) is 0 Å². The van der Waals surface area contributed by atoms with Crippen molar-refractivity contribution in [3.05, 3.63) is 12.2 Å². The lowest BCUT2D eigenvalue weighted by Crippen LogP contribution is -2.50. The topological polar surface area (TPSA) is 53.1 Å². The average Bonchev–Trinajstić information content (AvgIpc) is 3.48. The van der Waals surface area contributed by atoms with Gasteiger partial charge >= 0.3 is 6.09 Å². The number of fused-ring (bicyclic) bond motifs is 2. The molecule has 0 aromatic carbocycles. The monoisotopic (exact) mass is 415 g/mol. The van der Waals surface area contributed by atoms with Crippen molar-refractivity contribution in [2.75, 3.05) is 39.8 Å². The molecule has 2 aliphatic heterocycles. The van der Waals surface area contributed by atoms with Gasteiger partial charge < -0.3 is 19.4 Å². The van der Waals surface area contributed by atoms with E-state index in [0.717, 1.165) is 51.9 Å². The van der Waals surface area contributed by atoms with Crippen LogP contribution in [0.1, 0.15) is 57.8 Å². The number of amides is 2. The zero-order valence-corrected chi connectivity index (χ0v) is 18.4. The van der Waals surface area contributed by atoms with Crippen LogP contribution in [-0.2, 0) is 9.53 Å². The molecule has 0 aromatic heterocycles. The van der Waals surface area contributed by atoms with Crippen molar-refractivity contribution >= 4 is 12.0 Å². The summed E-state index contributed by atoms with van der Waals surface area (Å²) in [7, 11) is 2.20. The molecule has 30 heavy (non-hydrogen) atoms. The highest BCUT2D eigenvalue weighted by Gasteiger charge is 2.49. The molecule has 4 fully saturated rings. The number of hydrogen-bond donors (Lipinski definition) is 0. The average molecular weight is 416 g/mol. The van der Waals surface area contributed by atoms with Crippen LogP contribution >= 0.6 is 0 Å². The summed E-state index contributed by atoms with van der Waals surface area (Å²) in [6, 6.07) is 0.668. The van der Waals surface area contributed by atoms with E-state index in [1.54, 1.807) is 0 Å². The number of ether oxygens (including phenoxy) is 1. The Morgan fingerprint density at radius 2 is 1.93 bits per heavy atom. The standard InChI is InChI=1S/C24H37N3O3/c1-25(20-5-3-2-4-6-20)13-14-27-17-24(30-23(27)29)9-11-26(12-10-24)22(28)21-16-18-7-8-19(21)15-18/h7-8,18-21H,2-6,9-17H2,1H3/t18-,19+,21+/m1/s1. The highest BCUT2D eigenvalue weighted by molar-refractivity contribution is 5.80. The smallest absolute Gasteiger partial charge is 0.410 e. The first kappa shape index (κ1) is 20.3. The Hall–Kier alpha value is -1.56. The molecule has 2 saturated heterocycles. The summed E-state index contributed by atoms with van der Waals surface area (Å²) in [5.41, 5.74) is -0.383. The van der Waals surface area contributed by atoms with Crippen LogP contribution in [0.3, 0.4) is 0 Å². The lowest BCUT2D eigenvalue weighted by Gasteiger charge is -2.39. The van der Waals surface area contributed by atoms with Gasteiger partial charge in [0.1, 0.15) is 5.60 Å². The molecule has 166 valence electrons. The van der Waals surface area contributed by atoms with Crippen LogP contribution in [0.25, 0.3) is 0 Å². The van der Waals surface area contributed by atoms with Crippen molar-refractivity contribution in [1.29, 1.82) is 0 Å². The van der Waals surface area contributed by atoms with Gasteiger partial charge in [0.25, 0.3) is 0 Å². The summed E-state index contributed by atoms with van der Waals surface area (Å²) in [5.74, 6) is 1.60. The summed E-state index contributed by atoms with van der Waals surface area (Å²) >= 11 is 0. The Kier molecular flexibility index (Phi) is 5.55. The molecule has 3 aliphatic carbocycles. The summed E-state index contributed by atoms with van der Waals surface area (Å²) in [5, 5.41) is 0. The third-order valence-corrected chi connectivity index (χ3v) is 8.54. The Balaban J connectivity index is 1.10. The summed E-state index contributed by atoms with van der Waals surface area (Å²) < 4.78 is 5.90. The SMILES string of the molecule is CN(CCN1CC2(CCN(C(=O)[C@H]3C[C@@H]4C=C[C@H]3C4)CC2)OC1=O)C1CCCCC1. The molecule has 0 radical (unpaired) electrons. The van der Waals surface area contributed by atoms with E-state index in [0.29, 0.717) is 30.3 Å². The third kappa shape index (κ3) is 3.88. The predicted molar refractivity (Wildman–Crippen MR) is 115 cm³/mol. The van der Waals surface area contributed by atoms with Crippen LogP contribution < -0.4 is 0 Å². The van der Waals surface area contributed by atoms with E-state index in [1.165, 1.54) is 32.1 Å². The second-order valence-electron chi connectivity index (χ2n) is 10.5. The maximum absolute atomic E-state index is 13.0. The molecule has 3 atom stereocenters. The van der Waals surface area contributed by atoms with Crippen LogP contribution in [-0.4, -0.2) is 78.1 Å². The predicted octanol–water partition coefficient (Wildman–Crippen LogP) is 3.28. The van der Waals surface area contributed by atoms with Gasteiger partial charge in [0.15, 0.2) is 0 Å². The number of likely N-dealkylation sites (tertiary alicyclic amines) is 1. The quantitative estimate of drug-likeness (QED) is 0.647. The van der Waals surface area contributed by atoms with Crippen LogP contribution in [0, 0.1) is 17.8 Å². The molecule has 2 bridgehead atoms. The Bertz CT molecular complexity index is 694. The van der Waals surface area contributed by atoms with E-state index >= 15 is 0 Å². The maximum Gasteiger partial charge on any atom is 0.410 e. The lowest BCUT2D eigenvalue weighted by atomic mass is 9.88. The Morgan fingerprint density at radius 1 is 1.17 bits per heavy atom. The highest BCUT2D eigenvalue weighted by atomic mass is 16.6. The Labute approximate surface area is 180 Å². The van der Waals surface area contributed by atoms with Crippen molar-refractivity contribution in [2.24, 2.45) is 17.8 Å². The number of hydrogen-bond acceptors (Lipinski definition) is 4. The van der Waals surface area contributed by atoms with Gasteiger partial charge in [0, 0.05) is 51.0 Å². The molecule has 0 N–H and O–H groups in total. The van der Waals surface area contributed by atoms with Crippen LogP contribution in [0.2, 0.25) is 0 Å². The normalized spacial score (nSPS) is 33.1.